The van der Waals surface area contributed by atoms with E-state index in [4.69, 9.17) is 11.6 Å². The number of carbonyl (C=O) groups excluding carboxylic acids is 1. The number of anilines is 1. The van der Waals surface area contributed by atoms with Crippen molar-refractivity contribution in [3.63, 3.8) is 0 Å². The second-order valence-corrected chi connectivity index (χ2v) is 7.22. The second-order valence-electron chi connectivity index (χ2n) is 6.82. The molecule has 146 valence electrons. The van der Waals surface area contributed by atoms with Crippen molar-refractivity contribution in [2.45, 2.75) is 13.8 Å². The van der Waals surface area contributed by atoms with Gasteiger partial charge in [0.1, 0.15) is 0 Å². The molecule has 4 rings (SSSR count). The molecule has 0 aliphatic rings. The van der Waals surface area contributed by atoms with Crippen molar-refractivity contribution in [1.82, 2.24) is 4.98 Å². The molecule has 0 aliphatic heterocycles. The van der Waals surface area contributed by atoms with Gasteiger partial charge < -0.3 is 9.88 Å². The van der Waals surface area contributed by atoms with Crippen molar-refractivity contribution in [3.05, 3.63) is 82.7 Å². The summed E-state index contributed by atoms with van der Waals surface area (Å²) in [6, 6.07) is 21.0. The van der Waals surface area contributed by atoms with E-state index >= 15 is 0 Å². The van der Waals surface area contributed by atoms with Crippen molar-refractivity contribution in [1.29, 1.82) is 0 Å². The van der Waals surface area contributed by atoms with E-state index in [1.165, 1.54) is 5.69 Å². The summed E-state index contributed by atoms with van der Waals surface area (Å²) in [4.78, 5) is 22.7. The van der Waals surface area contributed by atoms with Crippen LogP contribution in [0.15, 0.2) is 71.7 Å². The number of fused-ring (bicyclic) bond motifs is 3. The molecule has 0 aliphatic carbocycles. The number of H-pyrrole nitrogens is 1. The molecule has 4 aromatic rings. The predicted octanol–water partition coefficient (Wildman–Crippen LogP) is 5.56. The van der Waals surface area contributed by atoms with Crippen LogP contribution >= 0.6 is 11.6 Å². The second kappa shape index (κ2) is 8.10. The molecule has 0 atom stereocenters. The van der Waals surface area contributed by atoms with Crippen LogP contribution in [-0.2, 0) is 0 Å². The third kappa shape index (κ3) is 3.64. The third-order valence-corrected chi connectivity index (χ3v) is 5.47. The van der Waals surface area contributed by atoms with Gasteiger partial charge in [-0.25, -0.2) is 4.99 Å². The summed E-state index contributed by atoms with van der Waals surface area (Å²) in [5, 5.41) is 3.24. The SMILES string of the molecule is CCN(CC)c1cccc2c1[nH]c1cc(=NC(=O)c3ccccc3Cl)cccc12. The molecule has 1 aromatic heterocycles. The molecule has 0 fully saturated rings. The van der Waals surface area contributed by atoms with E-state index in [0.717, 1.165) is 34.9 Å². The first kappa shape index (κ1) is 19.2. The minimum atomic E-state index is -0.352. The highest BCUT2D eigenvalue weighted by Crippen LogP contribution is 2.31. The summed E-state index contributed by atoms with van der Waals surface area (Å²) in [5.41, 5.74) is 3.62. The molecule has 0 saturated heterocycles. The smallest absolute Gasteiger partial charge is 0.279 e. The van der Waals surface area contributed by atoms with Crippen molar-refractivity contribution in [2.24, 2.45) is 4.99 Å². The first-order valence-corrected chi connectivity index (χ1v) is 10.1. The van der Waals surface area contributed by atoms with E-state index < -0.39 is 0 Å². The molecule has 1 amide bonds. The fourth-order valence-electron chi connectivity index (χ4n) is 3.68. The van der Waals surface area contributed by atoms with Crippen LogP contribution in [0.25, 0.3) is 21.8 Å². The Morgan fingerprint density at radius 1 is 0.966 bits per heavy atom. The number of aromatic nitrogens is 1. The Labute approximate surface area is 174 Å². The summed E-state index contributed by atoms with van der Waals surface area (Å²) >= 11 is 6.14. The molecule has 0 unspecified atom stereocenters. The van der Waals surface area contributed by atoms with E-state index in [9.17, 15) is 4.79 Å². The van der Waals surface area contributed by atoms with Crippen molar-refractivity contribution >= 4 is 45.0 Å². The Bertz CT molecular complexity index is 1270. The first-order valence-electron chi connectivity index (χ1n) is 9.75. The van der Waals surface area contributed by atoms with Gasteiger partial charge in [-0.2, -0.15) is 0 Å². The Kier molecular flexibility index (Phi) is 5.36. The van der Waals surface area contributed by atoms with Gasteiger partial charge in [0.05, 0.1) is 27.1 Å². The average Bonchev–Trinajstić information content (AvgIpc) is 2.95. The summed E-state index contributed by atoms with van der Waals surface area (Å²) in [5.74, 6) is -0.352. The van der Waals surface area contributed by atoms with Gasteiger partial charge in [0, 0.05) is 29.4 Å². The zero-order valence-corrected chi connectivity index (χ0v) is 17.2. The molecule has 0 radical (unpaired) electrons. The van der Waals surface area contributed by atoms with Crippen LogP contribution in [-0.4, -0.2) is 24.0 Å². The van der Waals surface area contributed by atoms with Gasteiger partial charge in [0.15, 0.2) is 0 Å². The quantitative estimate of drug-likeness (QED) is 0.484. The lowest BCUT2D eigenvalue weighted by Crippen LogP contribution is -2.21. The van der Waals surface area contributed by atoms with Gasteiger partial charge in [-0.05, 0) is 44.2 Å². The molecule has 3 aromatic carbocycles. The lowest BCUT2D eigenvalue weighted by molar-refractivity contribution is 0.0998. The van der Waals surface area contributed by atoms with E-state index in [0.29, 0.717) is 15.9 Å². The van der Waals surface area contributed by atoms with Crippen LogP contribution in [0.4, 0.5) is 5.69 Å². The Balaban J connectivity index is 1.89. The number of benzene rings is 2. The number of aromatic amines is 1. The lowest BCUT2D eigenvalue weighted by atomic mass is 10.1. The van der Waals surface area contributed by atoms with Gasteiger partial charge in [-0.3, -0.25) is 4.79 Å². The van der Waals surface area contributed by atoms with Crippen LogP contribution in [0.1, 0.15) is 24.2 Å². The maximum Gasteiger partial charge on any atom is 0.279 e. The van der Waals surface area contributed by atoms with Crippen LogP contribution in [0, 0.1) is 0 Å². The maximum absolute atomic E-state index is 12.6. The van der Waals surface area contributed by atoms with Crippen LogP contribution in [0.5, 0.6) is 0 Å². The first-order chi connectivity index (χ1) is 14.1. The topological polar surface area (TPSA) is 48.5 Å². The maximum atomic E-state index is 12.6. The lowest BCUT2D eigenvalue weighted by Gasteiger charge is -2.21. The molecular formula is C24H22ClN3O. The zero-order chi connectivity index (χ0) is 20.4. The standard InChI is InChI=1S/C24H22ClN3O/c1-3-28(4-2)22-14-8-12-18-17-11-7-9-16(15-21(17)27-23(18)22)26-24(29)19-10-5-6-13-20(19)25/h5-15,27H,3-4H2,1-2H3. The van der Waals surface area contributed by atoms with E-state index in [1.54, 1.807) is 24.3 Å². The zero-order valence-electron chi connectivity index (χ0n) is 16.4. The van der Waals surface area contributed by atoms with Crippen LogP contribution in [0.2, 0.25) is 5.02 Å². The predicted molar refractivity (Wildman–Crippen MR) is 121 cm³/mol. The number of hydrogen-bond acceptors (Lipinski definition) is 2. The molecule has 5 heteroatoms. The number of rotatable bonds is 4. The Morgan fingerprint density at radius 2 is 1.69 bits per heavy atom. The Morgan fingerprint density at radius 3 is 2.45 bits per heavy atom. The highest BCUT2D eigenvalue weighted by molar-refractivity contribution is 6.33. The molecule has 29 heavy (non-hydrogen) atoms. The van der Waals surface area contributed by atoms with Crippen LogP contribution < -0.4 is 10.3 Å². The molecular weight excluding hydrogens is 382 g/mol. The van der Waals surface area contributed by atoms with Gasteiger partial charge in [-0.15, -0.1) is 0 Å². The van der Waals surface area contributed by atoms with Crippen molar-refractivity contribution in [2.75, 3.05) is 18.0 Å². The summed E-state index contributed by atoms with van der Waals surface area (Å²) in [7, 11) is 0. The van der Waals surface area contributed by atoms with Crippen LogP contribution in [0.3, 0.4) is 0 Å². The number of para-hydroxylation sites is 1. The van der Waals surface area contributed by atoms with Gasteiger partial charge in [0.2, 0.25) is 0 Å². The number of carbonyl (C=O) groups is 1. The van der Waals surface area contributed by atoms with Gasteiger partial charge in [-0.1, -0.05) is 48.0 Å². The number of amides is 1. The molecule has 1 N–H and O–H groups in total. The van der Waals surface area contributed by atoms with E-state index in [2.05, 4.69) is 53.0 Å². The molecule has 0 spiro atoms. The van der Waals surface area contributed by atoms with Crippen molar-refractivity contribution < 1.29 is 4.79 Å². The monoisotopic (exact) mass is 403 g/mol. The number of nitrogens with zero attached hydrogens (tertiary/aromatic N) is 2. The summed E-state index contributed by atoms with van der Waals surface area (Å²) in [6.07, 6.45) is 0. The fraction of sp³-hybridized carbons (Fsp3) is 0.167. The van der Waals surface area contributed by atoms with Gasteiger partial charge >= 0.3 is 0 Å². The Hall–Kier alpha value is -3.11. The molecule has 0 saturated carbocycles. The minimum Gasteiger partial charge on any atom is -0.370 e. The normalized spacial score (nSPS) is 11.9. The fourth-order valence-corrected chi connectivity index (χ4v) is 3.90. The number of nitrogens with one attached hydrogen (secondary N) is 1. The molecule has 4 nitrogen and oxygen atoms in total. The highest BCUT2D eigenvalue weighted by Gasteiger charge is 2.11. The highest BCUT2D eigenvalue weighted by atomic mass is 35.5. The largest absolute Gasteiger partial charge is 0.370 e. The summed E-state index contributed by atoms with van der Waals surface area (Å²) in [6.45, 7) is 6.18. The molecule has 0 bridgehead atoms. The van der Waals surface area contributed by atoms with Gasteiger partial charge in [0.25, 0.3) is 5.91 Å². The number of halogens is 1. The van der Waals surface area contributed by atoms with Crippen molar-refractivity contribution in [3.8, 4) is 0 Å². The molecule has 1 heterocycles. The van der Waals surface area contributed by atoms with E-state index in [-0.39, 0.29) is 5.91 Å². The third-order valence-electron chi connectivity index (χ3n) is 5.14. The van der Waals surface area contributed by atoms with E-state index in [1.807, 2.05) is 18.2 Å². The average molecular weight is 404 g/mol. The summed E-state index contributed by atoms with van der Waals surface area (Å²) < 4.78 is 0. The number of hydrogen-bond donors (Lipinski definition) is 1. The minimum absolute atomic E-state index is 0.352.